The maximum atomic E-state index is 9.52. The first-order valence-corrected chi connectivity index (χ1v) is 4.90. The molecule has 0 saturated carbocycles. The Morgan fingerprint density at radius 1 is 1.53 bits per heavy atom. The summed E-state index contributed by atoms with van der Waals surface area (Å²) < 4.78 is 5.02. The van der Waals surface area contributed by atoms with E-state index < -0.39 is 0 Å². The zero-order valence-electron chi connectivity index (χ0n) is 8.29. The minimum absolute atomic E-state index is 0. The minimum atomic E-state index is 0. The molecule has 0 unspecified atom stereocenters. The van der Waals surface area contributed by atoms with Gasteiger partial charge in [-0.05, 0) is 30.7 Å². The Morgan fingerprint density at radius 3 is 2.67 bits per heavy atom. The summed E-state index contributed by atoms with van der Waals surface area (Å²) in [5, 5.41) is 13.1. The lowest BCUT2D eigenvalue weighted by molar-refractivity contribution is 0.362. The standard InChI is InChI=1S/C10H12ClNO2.ClH/c1-14-9-5-6(8-2-3-12-8)4-7(11)10(9)13;/h4-5,8,12-13H,2-3H2,1H3;1H/t8-;/m0./s1. The fourth-order valence-electron chi connectivity index (χ4n) is 1.52. The van der Waals surface area contributed by atoms with Crippen molar-refractivity contribution in [2.24, 2.45) is 0 Å². The smallest absolute Gasteiger partial charge is 0.176 e. The monoisotopic (exact) mass is 249 g/mol. The van der Waals surface area contributed by atoms with Crippen molar-refractivity contribution in [1.82, 2.24) is 5.32 Å². The lowest BCUT2D eigenvalue weighted by Crippen LogP contribution is -2.34. The van der Waals surface area contributed by atoms with Crippen molar-refractivity contribution in [2.75, 3.05) is 13.7 Å². The number of nitrogens with one attached hydrogen (secondary N) is 1. The third-order valence-electron chi connectivity index (χ3n) is 2.50. The second-order valence-corrected chi connectivity index (χ2v) is 3.76. The molecule has 0 radical (unpaired) electrons. The van der Waals surface area contributed by atoms with E-state index in [-0.39, 0.29) is 18.2 Å². The molecular weight excluding hydrogens is 237 g/mol. The van der Waals surface area contributed by atoms with Crippen LogP contribution in [0.2, 0.25) is 5.02 Å². The third kappa shape index (κ3) is 2.30. The summed E-state index contributed by atoms with van der Waals surface area (Å²) in [5.41, 5.74) is 1.07. The lowest BCUT2D eigenvalue weighted by Gasteiger charge is -2.28. The predicted molar refractivity (Wildman–Crippen MR) is 62.3 cm³/mol. The van der Waals surface area contributed by atoms with Crippen LogP contribution in [0.5, 0.6) is 11.5 Å². The van der Waals surface area contributed by atoms with Gasteiger partial charge in [-0.25, -0.2) is 0 Å². The molecule has 2 N–H and O–H groups in total. The van der Waals surface area contributed by atoms with Gasteiger partial charge < -0.3 is 15.2 Å². The van der Waals surface area contributed by atoms with Crippen LogP contribution in [0.1, 0.15) is 18.0 Å². The number of phenols is 1. The van der Waals surface area contributed by atoms with Gasteiger partial charge in [-0.3, -0.25) is 0 Å². The number of halogens is 2. The Balaban J connectivity index is 0.00000112. The van der Waals surface area contributed by atoms with Gasteiger partial charge in [0.2, 0.25) is 0 Å². The first-order valence-electron chi connectivity index (χ1n) is 4.52. The van der Waals surface area contributed by atoms with E-state index in [1.54, 1.807) is 6.07 Å². The van der Waals surface area contributed by atoms with Crippen LogP contribution >= 0.6 is 24.0 Å². The highest BCUT2D eigenvalue weighted by atomic mass is 35.5. The average molecular weight is 250 g/mol. The molecule has 1 aliphatic heterocycles. The van der Waals surface area contributed by atoms with Crippen molar-refractivity contribution >= 4 is 24.0 Å². The van der Waals surface area contributed by atoms with E-state index in [4.69, 9.17) is 16.3 Å². The molecule has 0 bridgehead atoms. The number of benzene rings is 1. The number of rotatable bonds is 2. The zero-order valence-corrected chi connectivity index (χ0v) is 9.86. The normalized spacial score (nSPS) is 18.9. The molecule has 0 amide bonds. The first-order chi connectivity index (χ1) is 6.72. The van der Waals surface area contributed by atoms with Crippen molar-refractivity contribution in [1.29, 1.82) is 0 Å². The molecule has 84 valence electrons. The summed E-state index contributed by atoms with van der Waals surface area (Å²) in [7, 11) is 1.52. The minimum Gasteiger partial charge on any atom is -0.503 e. The van der Waals surface area contributed by atoms with Crippen LogP contribution in [-0.4, -0.2) is 18.8 Å². The van der Waals surface area contributed by atoms with Gasteiger partial charge in [-0.15, -0.1) is 12.4 Å². The van der Waals surface area contributed by atoms with Crippen LogP contribution < -0.4 is 10.1 Å². The Kier molecular flexibility index (Phi) is 4.08. The topological polar surface area (TPSA) is 41.5 Å². The Morgan fingerprint density at radius 2 is 2.20 bits per heavy atom. The molecule has 1 aromatic carbocycles. The lowest BCUT2D eigenvalue weighted by atomic mass is 9.98. The van der Waals surface area contributed by atoms with Crippen LogP contribution in [0.25, 0.3) is 0 Å². The summed E-state index contributed by atoms with van der Waals surface area (Å²) in [6, 6.07) is 3.94. The third-order valence-corrected chi connectivity index (χ3v) is 2.78. The summed E-state index contributed by atoms with van der Waals surface area (Å²) in [6.45, 7) is 1.03. The van der Waals surface area contributed by atoms with Gasteiger partial charge in [0.1, 0.15) is 0 Å². The van der Waals surface area contributed by atoms with Crippen molar-refractivity contribution in [2.45, 2.75) is 12.5 Å². The van der Waals surface area contributed by atoms with Crippen molar-refractivity contribution in [3.8, 4) is 11.5 Å². The second kappa shape index (κ2) is 4.92. The molecule has 3 nitrogen and oxygen atoms in total. The van der Waals surface area contributed by atoms with Gasteiger partial charge in [0.05, 0.1) is 12.1 Å². The molecular formula is C10H13Cl2NO2. The molecule has 0 spiro atoms. The second-order valence-electron chi connectivity index (χ2n) is 3.35. The fraction of sp³-hybridized carbons (Fsp3) is 0.400. The number of methoxy groups -OCH3 is 1. The van der Waals surface area contributed by atoms with Gasteiger partial charge in [0.25, 0.3) is 0 Å². The molecule has 1 aromatic rings. The van der Waals surface area contributed by atoms with E-state index in [9.17, 15) is 5.11 Å². The zero-order chi connectivity index (χ0) is 10.1. The van der Waals surface area contributed by atoms with Crippen molar-refractivity contribution in [3.05, 3.63) is 22.7 Å². The summed E-state index contributed by atoms with van der Waals surface area (Å²) in [5.74, 6) is 0.443. The van der Waals surface area contributed by atoms with Gasteiger partial charge in [-0.2, -0.15) is 0 Å². The maximum Gasteiger partial charge on any atom is 0.176 e. The van der Waals surface area contributed by atoms with Crippen LogP contribution in [0, 0.1) is 0 Å². The molecule has 1 aliphatic rings. The van der Waals surface area contributed by atoms with Crippen LogP contribution in [0.3, 0.4) is 0 Å². The summed E-state index contributed by atoms with van der Waals surface area (Å²) >= 11 is 5.87. The molecule has 1 atom stereocenters. The van der Waals surface area contributed by atoms with Crippen LogP contribution in [0.4, 0.5) is 0 Å². The maximum absolute atomic E-state index is 9.52. The van der Waals surface area contributed by atoms with Crippen LogP contribution in [-0.2, 0) is 0 Å². The van der Waals surface area contributed by atoms with E-state index in [1.165, 1.54) is 7.11 Å². The van der Waals surface area contributed by atoms with E-state index in [1.807, 2.05) is 6.07 Å². The first kappa shape index (κ1) is 12.4. The number of hydrogen-bond donors (Lipinski definition) is 2. The highest BCUT2D eigenvalue weighted by Gasteiger charge is 2.21. The van der Waals surface area contributed by atoms with Crippen LogP contribution in [0.15, 0.2) is 12.1 Å². The van der Waals surface area contributed by atoms with E-state index in [0.29, 0.717) is 16.8 Å². The van der Waals surface area contributed by atoms with Gasteiger partial charge >= 0.3 is 0 Å². The fourth-order valence-corrected chi connectivity index (χ4v) is 1.74. The average Bonchev–Trinajstić information content (AvgIpc) is 2.08. The molecule has 1 fully saturated rings. The highest BCUT2D eigenvalue weighted by Crippen LogP contribution is 2.38. The van der Waals surface area contributed by atoms with E-state index >= 15 is 0 Å². The van der Waals surface area contributed by atoms with E-state index in [0.717, 1.165) is 18.5 Å². The highest BCUT2D eigenvalue weighted by molar-refractivity contribution is 6.32. The van der Waals surface area contributed by atoms with Gasteiger partial charge in [0.15, 0.2) is 11.5 Å². The molecule has 0 aromatic heterocycles. The summed E-state index contributed by atoms with van der Waals surface area (Å²) in [6.07, 6.45) is 1.10. The molecule has 2 rings (SSSR count). The summed E-state index contributed by atoms with van der Waals surface area (Å²) in [4.78, 5) is 0. The number of phenolic OH excluding ortho intramolecular Hbond substituents is 1. The Bertz CT molecular complexity index is 354. The van der Waals surface area contributed by atoms with Gasteiger partial charge in [-0.1, -0.05) is 11.6 Å². The van der Waals surface area contributed by atoms with Gasteiger partial charge in [0, 0.05) is 6.04 Å². The molecule has 0 aliphatic carbocycles. The SMILES string of the molecule is COc1cc([C@@H]2CCN2)cc(Cl)c1O.Cl. The molecule has 5 heteroatoms. The largest absolute Gasteiger partial charge is 0.503 e. The molecule has 15 heavy (non-hydrogen) atoms. The van der Waals surface area contributed by atoms with E-state index in [2.05, 4.69) is 5.32 Å². The number of aromatic hydroxyl groups is 1. The molecule has 1 saturated heterocycles. The molecule has 1 heterocycles. The number of ether oxygens (including phenoxy) is 1. The van der Waals surface area contributed by atoms with Crippen molar-refractivity contribution < 1.29 is 9.84 Å². The number of hydrogen-bond acceptors (Lipinski definition) is 3. The Labute approximate surface area is 99.8 Å². The quantitative estimate of drug-likeness (QED) is 0.847. The van der Waals surface area contributed by atoms with Crippen molar-refractivity contribution in [3.63, 3.8) is 0 Å². The Hall–Kier alpha value is -0.640. The predicted octanol–water partition coefficient (Wildman–Crippen LogP) is 2.51.